The Kier molecular flexibility index (Phi) is 4.96. The van der Waals surface area contributed by atoms with Gasteiger partial charge >= 0.3 is 6.18 Å². The summed E-state index contributed by atoms with van der Waals surface area (Å²) < 4.78 is 38.0. The van der Waals surface area contributed by atoms with Gasteiger partial charge < -0.3 is 9.80 Å². The molecule has 0 unspecified atom stereocenters. The van der Waals surface area contributed by atoms with Crippen LogP contribution in [0.15, 0.2) is 18.3 Å². The third kappa shape index (κ3) is 3.82. The summed E-state index contributed by atoms with van der Waals surface area (Å²) in [7, 11) is 0. The topological polar surface area (TPSA) is 36.4 Å². The van der Waals surface area contributed by atoms with E-state index in [2.05, 4.69) is 4.98 Å². The number of piperidine rings is 1. The maximum absolute atomic E-state index is 12.7. The summed E-state index contributed by atoms with van der Waals surface area (Å²) >= 11 is 0. The number of amides is 1. The van der Waals surface area contributed by atoms with E-state index in [1.54, 1.807) is 0 Å². The molecule has 0 aliphatic carbocycles. The molecule has 0 saturated carbocycles. The van der Waals surface area contributed by atoms with E-state index in [-0.39, 0.29) is 11.9 Å². The molecule has 1 aromatic rings. The van der Waals surface area contributed by atoms with Crippen molar-refractivity contribution in [3.8, 4) is 0 Å². The second-order valence-corrected chi connectivity index (χ2v) is 6.54. The zero-order chi connectivity index (χ0) is 17.2. The third-order valence-corrected chi connectivity index (χ3v) is 4.85. The van der Waals surface area contributed by atoms with Crippen LogP contribution in [0.25, 0.3) is 0 Å². The molecule has 24 heavy (non-hydrogen) atoms. The van der Waals surface area contributed by atoms with Gasteiger partial charge in [0.05, 0.1) is 5.56 Å². The predicted molar refractivity (Wildman–Crippen MR) is 84.7 cm³/mol. The minimum Gasteiger partial charge on any atom is -0.355 e. The summed E-state index contributed by atoms with van der Waals surface area (Å²) in [6.07, 6.45) is 2.05. The first-order chi connectivity index (χ1) is 11.4. The van der Waals surface area contributed by atoms with Gasteiger partial charge in [-0.1, -0.05) is 6.42 Å². The first-order valence-electron chi connectivity index (χ1n) is 8.53. The van der Waals surface area contributed by atoms with E-state index in [0.29, 0.717) is 18.8 Å². The summed E-state index contributed by atoms with van der Waals surface area (Å²) in [6.45, 7) is 2.19. The number of alkyl halides is 3. The van der Waals surface area contributed by atoms with E-state index >= 15 is 0 Å². The highest BCUT2D eigenvalue weighted by atomic mass is 19.4. The average molecular weight is 341 g/mol. The summed E-state index contributed by atoms with van der Waals surface area (Å²) in [5.41, 5.74) is -0.734. The molecule has 2 aliphatic heterocycles. The van der Waals surface area contributed by atoms with Crippen molar-refractivity contribution < 1.29 is 18.0 Å². The van der Waals surface area contributed by atoms with E-state index in [0.717, 1.165) is 57.5 Å². The Morgan fingerprint density at radius 3 is 2.62 bits per heavy atom. The minimum atomic E-state index is -4.37. The fourth-order valence-corrected chi connectivity index (χ4v) is 3.55. The lowest BCUT2D eigenvalue weighted by Gasteiger charge is -2.39. The Bertz CT molecular complexity index is 573. The van der Waals surface area contributed by atoms with E-state index < -0.39 is 11.7 Å². The van der Waals surface area contributed by atoms with Crippen LogP contribution in [0.2, 0.25) is 0 Å². The molecule has 0 spiro atoms. The van der Waals surface area contributed by atoms with Crippen LogP contribution >= 0.6 is 0 Å². The molecule has 0 aromatic carbocycles. The zero-order valence-electron chi connectivity index (χ0n) is 13.6. The first-order valence-corrected chi connectivity index (χ1v) is 8.53. The molecule has 0 bridgehead atoms. The number of halogens is 3. The van der Waals surface area contributed by atoms with E-state index in [9.17, 15) is 18.0 Å². The number of pyridine rings is 1. The molecule has 2 saturated heterocycles. The van der Waals surface area contributed by atoms with Crippen LogP contribution in [0.4, 0.5) is 19.0 Å². The summed E-state index contributed by atoms with van der Waals surface area (Å²) in [4.78, 5) is 20.2. The lowest BCUT2D eigenvalue weighted by Crippen LogP contribution is -2.50. The van der Waals surface area contributed by atoms with Crippen LogP contribution in [-0.2, 0) is 11.0 Å². The van der Waals surface area contributed by atoms with Gasteiger partial charge in [-0.25, -0.2) is 4.98 Å². The Balaban J connectivity index is 1.70. The molecule has 1 aromatic heterocycles. The van der Waals surface area contributed by atoms with Crippen LogP contribution in [0.5, 0.6) is 0 Å². The van der Waals surface area contributed by atoms with Crippen molar-refractivity contribution in [2.45, 2.75) is 50.7 Å². The van der Waals surface area contributed by atoms with Gasteiger partial charge in [-0.05, 0) is 37.8 Å². The standard InChI is InChI=1S/C17H22F3N3O/c18-17(19,20)13-7-8-15(21-11-13)22-9-4-5-14(12-22)23-10-3-1-2-6-16(23)24/h7-8,11,14H,1-6,9-10,12H2/t14-/m0/s1. The highest BCUT2D eigenvalue weighted by Crippen LogP contribution is 2.30. The lowest BCUT2D eigenvalue weighted by atomic mass is 10.0. The molecule has 4 nitrogen and oxygen atoms in total. The molecule has 2 aliphatic rings. The van der Waals surface area contributed by atoms with Gasteiger partial charge in [0.15, 0.2) is 0 Å². The van der Waals surface area contributed by atoms with Crippen molar-refractivity contribution in [1.82, 2.24) is 9.88 Å². The monoisotopic (exact) mass is 341 g/mol. The van der Waals surface area contributed by atoms with Crippen molar-refractivity contribution >= 4 is 11.7 Å². The third-order valence-electron chi connectivity index (χ3n) is 4.85. The van der Waals surface area contributed by atoms with Gasteiger partial charge in [-0.2, -0.15) is 13.2 Å². The maximum atomic E-state index is 12.7. The molecule has 0 radical (unpaired) electrons. The second kappa shape index (κ2) is 6.99. The fourth-order valence-electron chi connectivity index (χ4n) is 3.55. The summed E-state index contributed by atoms with van der Waals surface area (Å²) in [5, 5.41) is 0. The maximum Gasteiger partial charge on any atom is 0.417 e. The van der Waals surface area contributed by atoms with Crippen LogP contribution in [0.1, 0.15) is 44.1 Å². The smallest absolute Gasteiger partial charge is 0.355 e. The number of nitrogens with zero attached hydrogens (tertiary/aromatic N) is 3. The van der Waals surface area contributed by atoms with Crippen LogP contribution in [0.3, 0.4) is 0 Å². The SMILES string of the molecule is O=C1CCCCCN1[C@H]1CCCN(c2ccc(C(F)(F)F)cn2)C1. The van der Waals surface area contributed by atoms with Gasteiger partial charge in [0.1, 0.15) is 5.82 Å². The number of aromatic nitrogens is 1. The van der Waals surface area contributed by atoms with Crippen LogP contribution in [0, 0.1) is 0 Å². The largest absolute Gasteiger partial charge is 0.417 e. The number of carbonyl (C=O) groups excluding carboxylic acids is 1. The van der Waals surface area contributed by atoms with Crippen molar-refractivity contribution in [1.29, 1.82) is 0 Å². The summed E-state index contributed by atoms with van der Waals surface area (Å²) in [6, 6.07) is 2.63. The van der Waals surface area contributed by atoms with Gasteiger partial charge in [0, 0.05) is 38.3 Å². The molecule has 132 valence electrons. The molecule has 2 fully saturated rings. The van der Waals surface area contributed by atoms with Gasteiger partial charge in [0.2, 0.25) is 5.91 Å². The highest BCUT2D eigenvalue weighted by Gasteiger charge is 2.32. The summed E-state index contributed by atoms with van der Waals surface area (Å²) in [5.74, 6) is 0.759. The Morgan fingerprint density at radius 2 is 1.92 bits per heavy atom. The van der Waals surface area contributed by atoms with Gasteiger partial charge in [-0.15, -0.1) is 0 Å². The van der Waals surface area contributed by atoms with E-state index in [1.165, 1.54) is 6.07 Å². The quantitative estimate of drug-likeness (QED) is 0.826. The number of likely N-dealkylation sites (tertiary alicyclic amines) is 1. The number of anilines is 1. The van der Waals surface area contributed by atoms with E-state index in [4.69, 9.17) is 0 Å². The number of rotatable bonds is 2. The van der Waals surface area contributed by atoms with E-state index in [1.807, 2.05) is 9.80 Å². The van der Waals surface area contributed by atoms with Crippen molar-refractivity contribution in [2.75, 3.05) is 24.5 Å². The molecular weight excluding hydrogens is 319 g/mol. The molecule has 7 heteroatoms. The Hall–Kier alpha value is -1.79. The molecule has 0 N–H and O–H groups in total. The molecule has 1 amide bonds. The number of hydrogen-bond acceptors (Lipinski definition) is 3. The normalized spacial score (nSPS) is 23.3. The number of hydrogen-bond donors (Lipinski definition) is 0. The average Bonchev–Trinajstić information content (AvgIpc) is 2.79. The number of carbonyl (C=O) groups is 1. The predicted octanol–water partition coefficient (Wildman–Crippen LogP) is 3.47. The van der Waals surface area contributed by atoms with Gasteiger partial charge in [0.25, 0.3) is 0 Å². The molecular formula is C17H22F3N3O. The second-order valence-electron chi connectivity index (χ2n) is 6.54. The Morgan fingerprint density at radius 1 is 1.08 bits per heavy atom. The highest BCUT2D eigenvalue weighted by molar-refractivity contribution is 5.76. The fraction of sp³-hybridized carbons (Fsp3) is 0.647. The first kappa shape index (κ1) is 17.0. The Labute approximate surface area is 139 Å². The molecule has 3 rings (SSSR count). The van der Waals surface area contributed by atoms with Crippen molar-refractivity contribution in [3.63, 3.8) is 0 Å². The molecule has 3 heterocycles. The van der Waals surface area contributed by atoms with Crippen LogP contribution in [-0.4, -0.2) is 41.5 Å². The zero-order valence-corrected chi connectivity index (χ0v) is 13.6. The van der Waals surface area contributed by atoms with Crippen LogP contribution < -0.4 is 4.90 Å². The van der Waals surface area contributed by atoms with Crippen molar-refractivity contribution in [2.24, 2.45) is 0 Å². The van der Waals surface area contributed by atoms with Crippen molar-refractivity contribution in [3.05, 3.63) is 23.9 Å². The minimum absolute atomic E-state index is 0.133. The molecule has 1 atom stereocenters. The lowest BCUT2D eigenvalue weighted by molar-refractivity contribution is -0.138. The van der Waals surface area contributed by atoms with Gasteiger partial charge in [-0.3, -0.25) is 4.79 Å².